The fraction of sp³-hybridized carbons (Fsp3) is 0.321. The number of carbonyl (C=O) groups is 1. The third kappa shape index (κ3) is 6.76. The molecule has 0 spiro atoms. The highest BCUT2D eigenvalue weighted by molar-refractivity contribution is 9.10. The normalized spacial score (nSPS) is 14.3. The first-order chi connectivity index (χ1) is 17.5. The fourth-order valence-corrected chi connectivity index (χ4v) is 6.89. The molecule has 0 radical (unpaired) electrons. The van der Waals surface area contributed by atoms with Crippen LogP contribution in [0.1, 0.15) is 35.3 Å². The summed E-state index contributed by atoms with van der Waals surface area (Å²) in [7, 11) is -3.69. The molecule has 1 aliphatic heterocycles. The number of rotatable bonds is 7. The van der Waals surface area contributed by atoms with Gasteiger partial charge in [-0.2, -0.15) is 0 Å². The Morgan fingerprint density at radius 2 is 1.62 bits per heavy atom. The van der Waals surface area contributed by atoms with Crippen LogP contribution >= 0.6 is 27.7 Å². The van der Waals surface area contributed by atoms with Gasteiger partial charge in [0.05, 0.1) is 10.5 Å². The van der Waals surface area contributed by atoms with Gasteiger partial charge in [-0.3, -0.25) is 4.79 Å². The molecule has 1 N–H and O–H groups in total. The number of aryl methyl sites for hydroxylation is 2. The smallest absolute Gasteiger partial charge is 0.255 e. The molecule has 196 valence electrons. The molecule has 1 aliphatic rings. The highest BCUT2D eigenvalue weighted by Crippen LogP contribution is 2.32. The Kier molecular flexibility index (Phi) is 8.68. The van der Waals surface area contributed by atoms with E-state index in [4.69, 9.17) is 0 Å². The van der Waals surface area contributed by atoms with Gasteiger partial charge in [0.1, 0.15) is 0 Å². The van der Waals surface area contributed by atoms with Crippen molar-refractivity contribution in [1.82, 2.24) is 9.62 Å². The lowest BCUT2D eigenvalue weighted by atomic mass is 10.1. The molecule has 3 aromatic carbocycles. The lowest BCUT2D eigenvalue weighted by Gasteiger charge is -2.36. The largest absolute Gasteiger partial charge is 0.368 e. The minimum Gasteiger partial charge on any atom is -0.368 e. The Morgan fingerprint density at radius 1 is 0.946 bits per heavy atom. The van der Waals surface area contributed by atoms with E-state index >= 15 is 0 Å². The van der Waals surface area contributed by atoms with E-state index in [-0.39, 0.29) is 16.8 Å². The fourth-order valence-electron chi connectivity index (χ4n) is 4.32. The summed E-state index contributed by atoms with van der Waals surface area (Å²) in [6.45, 7) is 10.3. The van der Waals surface area contributed by atoms with Crippen molar-refractivity contribution in [2.45, 2.75) is 48.4 Å². The molecule has 0 atom stereocenters. The van der Waals surface area contributed by atoms with E-state index in [9.17, 15) is 13.2 Å². The van der Waals surface area contributed by atoms with E-state index < -0.39 is 10.0 Å². The summed E-state index contributed by atoms with van der Waals surface area (Å²) in [5.41, 5.74) is 4.03. The SMILES string of the molecule is Cc1ccc(Sc2ccc(N3CCN(C(=O)c4cc(S(=O)(=O)NC(C)C)ccc4Br)CC3)cc2)c(C)c1. The molecule has 4 rings (SSSR count). The van der Waals surface area contributed by atoms with Crippen LogP contribution in [0.2, 0.25) is 0 Å². The molecule has 1 heterocycles. The first kappa shape index (κ1) is 27.7. The van der Waals surface area contributed by atoms with Crippen molar-refractivity contribution < 1.29 is 13.2 Å². The van der Waals surface area contributed by atoms with Gasteiger partial charge in [-0.05, 0) is 97.7 Å². The number of amides is 1. The number of anilines is 1. The van der Waals surface area contributed by atoms with Crippen LogP contribution in [-0.4, -0.2) is 51.4 Å². The second-order valence-electron chi connectivity index (χ2n) is 9.56. The predicted octanol–water partition coefficient (Wildman–Crippen LogP) is 5.87. The van der Waals surface area contributed by atoms with Crippen molar-refractivity contribution in [1.29, 1.82) is 0 Å². The summed E-state index contributed by atoms with van der Waals surface area (Å²) < 4.78 is 28.4. The third-order valence-corrected chi connectivity index (χ3v) is 9.73. The molecule has 0 aromatic heterocycles. The molecule has 3 aromatic rings. The minimum absolute atomic E-state index is 0.0881. The van der Waals surface area contributed by atoms with Gasteiger partial charge < -0.3 is 9.80 Å². The monoisotopic (exact) mass is 601 g/mol. The van der Waals surface area contributed by atoms with E-state index in [1.807, 2.05) is 0 Å². The quantitative estimate of drug-likeness (QED) is 0.367. The molecule has 1 fully saturated rings. The molecular weight excluding hydrogens is 570 g/mol. The predicted molar refractivity (Wildman–Crippen MR) is 154 cm³/mol. The lowest BCUT2D eigenvalue weighted by Crippen LogP contribution is -2.48. The van der Waals surface area contributed by atoms with Crippen LogP contribution in [0.15, 0.2) is 79.8 Å². The van der Waals surface area contributed by atoms with Crippen LogP contribution in [0, 0.1) is 13.8 Å². The van der Waals surface area contributed by atoms with Crippen LogP contribution in [0.4, 0.5) is 5.69 Å². The van der Waals surface area contributed by atoms with Crippen LogP contribution < -0.4 is 9.62 Å². The van der Waals surface area contributed by atoms with Gasteiger partial charge in [0.2, 0.25) is 10.0 Å². The van der Waals surface area contributed by atoms with Gasteiger partial charge in [0.25, 0.3) is 5.91 Å². The van der Waals surface area contributed by atoms with Crippen molar-refractivity contribution in [3.63, 3.8) is 0 Å². The number of hydrogen-bond acceptors (Lipinski definition) is 5. The number of carbonyl (C=O) groups excluding carboxylic acids is 1. The Bertz CT molecular complexity index is 1380. The summed E-state index contributed by atoms with van der Waals surface area (Å²) in [4.78, 5) is 19.9. The van der Waals surface area contributed by atoms with E-state index in [2.05, 4.69) is 81.9 Å². The van der Waals surface area contributed by atoms with E-state index in [1.165, 1.54) is 33.1 Å². The van der Waals surface area contributed by atoms with Crippen LogP contribution in [-0.2, 0) is 10.0 Å². The third-order valence-electron chi connectivity index (χ3n) is 6.20. The molecule has 0 aliphatic carbocycles. The number of hydrogen-bond donors (Lipinski definition) is 1. The molecule has 0 saturated carbocycles. The summed E-state index contributed by atoms with van der Waals surface area (Å²) in [5.74, 6) is -0.173. The number of sulfonamides is 1. The zero-order valence-electron chi connectivity index (χ0n) is 21.5. The summed E-state index contributed by atoms with van der Waals surface area (Å²) in [5, 5.41) is 0. The van der Waals surface area contributed by atoms with Gasteiger partial charge in [0, 0.05) is 52.2 Å². The Labute approximate surface area is 232 Å². The zero-order valence-corrected chi connectivity index (χ0v) is 24.7. The molecule has 6 nitrogen and oxygen atoms in total. The van der Waals surface area contributed by atoms with Crippen molar-refractivity contribution in [2.24, 2.45) is 0 Å². The number of nitrogens with zero attached hydrogens (tertiary/aromatic N) is 2. The number of benzene rings is 3. The van der Waals surface area contributed by atoms with Gasteiger partial charge in [-0.25, -0.2) is 13.1 Å². The van der Waals surface area contributed by atoms with Crippen molar-refractivity contribution in [2.75, 3.05) is 31.1 Å². The van der Waals surface area contributed by atoms with Gasteiger partial charge in [0.15, 0.2) is 0 Å². The molecule has 1 saturated heterocycles. The molecular formula is C28H32BrN3O3S2. The van der Waals surface area contributed by atoms with E-state index in [1.54, 1.807) is 36.6 Å². The summed E-state index contributed by atoms with van der Waals surface area (Å²) in [6.07, 6.45) is 0. The maximum absolute atomic E-state index is 13.3. The minimum atomic E-state index is -3.69. The topological polar surface area (TPSA) is 69.7 Å². The van der Waals surface area contributed by atoms with Gasteiger partial charge in [-0.1, -0.05) is 29.5 Å². The van der Waals surface area contributed by atoms with Crippen molar-refractivity contribution in [3.8, 4) is 0 Å². The first-order valence-corrected chi connectivity index (χ1v) is 15.3. The highest BCUT2D eigenvalue weighted by Gasteiger charge is 2.26. The summed E-state index contributed by atoms with van der Waals surface area (Å²) in [6, 6.07) is 19.4. The number of piperazine rings is 1. The summed E-state index contributed by atoms with van der Waals surface area (Å²) >= 11 is 5.19. The second kappa shape index (κ2) is 11.6. The molecule has 37 heavy (non-hydrogen) atoms. The second-order valence-corrected chi connectivity index (χ2v) is 13.2. The number of nitrogens with one attached hydrogen (secondary N) is 1. The first-order valence-electron chi connectivity index (χ1n) is 12.2. The molecule has 0 unspecified atom stereocenters. The number of halogens is 1. The highest BCUT2D eigenvalue weighted by atomic mass is 79.9. The maximum Gasteiger partial charge on any atom is 0.255 e. The Morgan fingerprint density at radius 3 is 2.24 bits per heavy atom. The standard InChI is InChI=1S/C28H32BrN3O3S2/c1-19(2)30-37(34,35)24-10-11-26(29)25(18-24)28(33)32-15-13-31(14-16-32)22-6-8-23(9-7-22)36-27-12-5-20(3)17-21(27)4/h5-12,17-19,30H,13-16H2,1-4H3. The van der Waals surface area contributed by atoms with Crippen LogP contribution in [0.3, 0.4) is 0 Å². The molecule has 1 amide bonds. The maximum atomic E-state index is 13.3. The van der Waals surface area contributed by atoms with Gasteiger partial charge in [-0.15, -0.1) is 0 Å². The van der Waals surface area contributed by atoms with Crippen molar-refractivity contribution in [3.05, 3.63) is 81.8 Å². The van der Waals surface area contributed by atoms with Crippen LogP contribution in [0.25, 0.3) is 0 Å². The van der Waals surface area contributed by atoms with Crippen molar-refractivity contribution >= 4 is 49.3 Å². The average molecular weight is 603 g/mol. The van der Waals surface area contributed by atoms with Crippen LogP contribution in [0.5, 0.6) is 0 Å². The molecule has 0 bridgehead atoms. The zero-order chi connectivity index (χ0) is 26.7. The average Bonchev–Trinajstić information content (AvgIpc) is 2.85. The van der Waals surface area contributed by atoms with Gasteiger partial charge >= 0.3 is 0 Å². The Hall–Kier alpha value is -2.33. The Balaban J connectivity index is 1.40. The van der Waals surface area contributed by atoms with E-state index in [0.29, 0.717) is 36.2 Å². The lowest BCUT2D eigenvalue weighted by molar-refractivity contribution is 0.0745. The van der Waals surface area contributed by atoms with E-state index in [0.717, 1.165) is 5.69 Å². The molecule has 9 heteroatoms.